The van der Waals surface area contributed by atoms with Gasteiger partial charge in [-0.3, -0.25) is 0 Å². The van der Waals surface area contributed by atoms with E-state index in [1.54, 1.807) is 11.1 Å². The van der Waals surface area contributed by atoms with E-state index in [2.05, 4.69) is 62.4 Å². The minimum Gasteiger partial charge on any atom is -0.0683 e. The smallest absolute Gasteiger partial charge is 0.0219 e. The molecule has 0 bridgehead atoms. The van der Waals surface area contributed by atoms with Crippen molar-refractivity contribution in [2.45, 2.75) is 52.9 Å². The van der Waals surface area contributed by atoms with Gasteiger partial charge >= 0.3 is 0 Å². The van der Waals surface area contributed by atoms with Crippen LogP contribution in [0.4, 0.5) is 0 Å². The molecule has 0 aromatic heterocycles. The lowest BCUT2D eigenvalue weighted by molar-refractivity contribution is 0.867. The molecule has 0 heterocycles. The molecule has 0 radical (unpaired) electrons. The van der Waals surface area contributed by atoms with E-state index in [0.29, 0.717) is 5.92 Å². The fourth-order valence-electron chi connectivity index (χ4n) is 2.35. The van der Waals surface area contributed by atoms with Crippen LogP contribution in [0.5, 0.6) is 0 Å². The summed E-state index contributed by atoms with van der Waals surface area (Å²) < 4.78 is 0. The maximum Gasteiger partial charge on any atom is -0.0219 e. The molecular weight excluding hydrogens is 240 g/mol. The molecule has 0 unspecified atom stereocenters. The number of benzene rings is 2. The van der Waals surface area contributed by atoms with Gasteiger partial charge in [-0.05, 0) is 41.9 Å². The Morgan fingerprint density at radius 3 is 1.55 bits per heavy atom. The van der Waals surface area contributed by atoms with Crippen molar-refractivity contribution >= 4 is 0 Å². The molecule has 0 fully saturated rings. The molecular formula is C20H28. The fraction of sp³-hybridized carbons (Fsp3) is 0.400. The summed E-state index contributed by atoms with van der Waals surface area (Å²) in [6, 6.07) is 19.3. The Labute approximate surface area is 124 Å². The molecule has 0 saturated heterocycles. The molecule has 1 aliphatic carbocycles. The molecule has 20 heavy (non-hydrogen) atoms. The SMILES string of the molecule is CC.CC(C)c1ccccc1.c1ccc2c(c1)CCC2. The molecule has 0 saturated carbocycles. The number of rotatable bonds is 1. The molecule has 0 heteroatoms. The van der Waals surface area contributed by atoms with Gasteiger partial charge in [0.05, 0.1) is 0 Å². The standard InChI is InChI=1S/C9H10.C9H12.C2H6/c1-2-5-9-7-3-6-8(9)4-1;1-8(2)9-6-4-3-5-7-9;1-2/h1-2,4-5H,3,6-7H2;3-8H,1-2H3;1-2H3. The zero-order chi connectivity index (χ0) is 14.8. The summed E-state index contributed by atoms with van der Waals surface area (Å²) in [5, 5.41) is 0. The van der Waals surface area contributed by atoms with Crippen molar-refractivity contribution in [3.05, 3.63) is 71.3 Å². The minimum absolute atomic E-state index is 0.659. The molecule has 108 valence electrons. The highest BCUT2D eigenvalue weighted by molar-refractivity contribution is 5.30. The number of fused-ring (bicyclic) bond motifs is 1. The second kappa shape index (κ2) is 9.36. The number of hydrogen-bond donors (Lipinski definition) is 0. The molecule has 2 aromatic rings. The van der Waals surface area contributed by atoms with Crippen LogP contribution in [-0.4, -0.2) is 0 Å². The monoisotopic (exact) mass is 268 g/mol. The lowest BCUT2D eigenvalue weighted by Gasteiger charge is -2.01. The summed E-state index contributed by atoms with van der Waals surface area (Å²) in [6.45, 7) is 8.41. The largest absolute Gasteiger partial charge is 0.0683 e. The van der Waals surface area contributed by atoms with Gasteiger partial charge in [-0.1, -0.05) is 82.3 Å². The number of aryl methyl sites for hydroxylation is 2. The van der Waals surface area contributed by atoms with Crippen LogP contribution in [0.3, 0.4) is 0 Å². The molecule has 0 amide bonds. The number of hydrogen-bond acceptors (Lipinski definition) is 0. The van der Waals surface area contributed by atoms with E-state index in [0.717, 1.165) is 0 Å². The fourth-order valence-corrected chi connectivity index (χ4v) is 2.35. The van der Waals surface area contributed by atoms with Gasteiger partial charge in [0, 0.05) is 0 Å². The average molecular weight is 268 g/mol. The molecule has 0 atom stereocenters. The van der Waals surface area contributed by atoms with Crippen molar-refractivity contribution in [3.63, 3.8) is 0 Å². The Morgan fingerprint density at radius 1 is 0.700 bits per heavy atom. The first-order valence-corrected chi connectivity index (χ1v) is 7.89. The van der Waals surface area contributed by atoms with Crippen molar-refractivity contribution in [2.75, 3.05) is 0 Å². The Balaban J connectivity index is 0.000000178. The van der Waals surface area contributed by atoms with Crippen molar-refractivity contribution in [3.8, 4) is 0 Å². The van der Waals surface area contributed by atoms with E-state index >= 15 is 0 Å². The first kappa shape index (κ1) is 16.5. The van der Waals surface area contributed by atoms with E-state index in [4.69, 9.17) is 0 Å². The van der Waals surface area contributed by atoms with Crippen LogP contribution in [-0.2, 0) is 12.8 Å². The normalized spacial score (nSPS) is 11.8. The Hall–Kier alpha value is -1.56. The van der Waals surface area contributed by atoms with Crippen molar-refractivity contribution < 1.29 is 0 Å². The Kier molecular flexibility index (Phi) is 7.72. The third-order valence-corrected chi connectivity index (χ3v) is 3.48. The highest BCUT2D eigenvalue weighted by Gasteiger charge is 2.07. The lowest BCUT2D eigenvalue weighted by Crippen LogP contribution is -1.83. The summed E-state index contributed by atoms with van der Waals surface area (Å²) >= 11 is 0. The minimum atomic E-state index is 0.659. The first-order chi connectivity index (χ1) is 9.77. The predicted octanol–water partition coefficient (Wildman–Crippen LogP) is 6.01. The third-order valence-electron chi connectivity index (χ3n) is 3.48. The highest BCUT2D eigenvalue weighted by atomic mass is 14.1. The van der Waals surface area contributed by atoms with Crippen LogP contribution in [0, 0.1) is 0 Å². The second-order valence-corrected chi connectivity index (χ2v) is 5.19. The van der Waals surface area contributed by atoms with Crippen LogP contribution < -0.4 is 0 Å². The highest BCUT2D eigenvalue weighted by Crippen LogP contribution is 2.20. The Morgan fingerprint density at radius 2 is 1.15 bits per heavy atom. The van der Waals surface area contributed by atoms with Crippen LogP contribution >= 0.6 is 0 Å². The van der Waals surface area contributed by atoms with E-state index in [9.17, 15) is 0 Å². The van der Waals surface area contributed by atoms with Gasteiger partial charge in [0.1, 0.15) is 0 Å². The summed E-state index contributed by atoms with van der Waals surface area (Å²) in [7, 11) is 0. The molecule has 2 aromatic carbocycles. The van der Waals surface area contributed by atoms with Gasteiger partial charge in [-0.25, -0.2) is 0 Å². The second-order valence-electron chi connectivity index (χ2n) is 5.19. The van der Waals surface area contributed by atoms with Crippen molar-refractivity contribution in [1.29, 1.82) is 0 Å². The molecule has 3 rings (SSSR count). The van der Waals surface area contributed by atoms with E-state index < -0.39 is 0 Å². The van der Waals surface area contributed by atoms with Crippen LogP contribution in [0.2, 0.25) is 0 Å². The van der Waals surface area contributed by atoms with Gasteiger partial charge in [0.15, 0.2) is 0 Å². The van der Waals surface area contributed by atoms with Gasteiger partial charge in [-0.2, -0.15) is 0 Å². The van der Waals surface area contributed by atoms with Gasteiger partial charge in [-0.15, -0.1) is 0 Å². The molecule has 0 nitrogen and oxygen atoms in total. The van der Waals surface area contributed by atoms with Crippen LogP contribution in [0.1, 0.15) is 56.7 Å². The summed E-state index contributed by atoms with van der Waals surface area (Å²) in [5.74, 6) is 0.659. The quantitative estimate of drug-likeness (QED) is 0.594. The zero-order valence-electron chi connectivity index (χ0n) is 13.4. The lowest BCUT2D eigenvalue weighted by atomic mass is 10.0. The molecule has 0 aliphatic heterocycles. The van der Waals surface area contributed by atoms with E-state index in [1.165, 1.54) is 24.8 Å². The third kappa shape index (κ3) is 5.21. The van der Waals surface area contributed by atoms with Crippen LogP contribution in [0.25, 0.3) is 0 Å². The molecule has 1 aliphatic rings. The van der Waals surface area contributed by atoms with Crippen molar-refractivity contribution in [2.24, 2.45) is 0 Å². The maximum atomic E-state index is 2.24. The first-order valence-electron chi connectivity index (χ1n) is 7.89. The topological polar surface area (TPSA) is 0 Å². The summed E-state index contributed by atoms with van der Waals surface area (Å²) in [6.07, 6.45) is 3.96. The maximum absolute atomic E-state index is 2.24. The average Bonchev–Trinajstić information content (AvgIpc) is 2.99. The predicted molar refractivity (Wildman–Crippen MR) is 90.3 cm³/mol. The summed E-state index contributed by atoms with van der Waals surface area (Å²) in [5.41, 5.74) is 4.55. The van der Waals surface area contributed by atoms with Gasteiger partial charge in [0.2, 0.25) is 0 Å². The van der Waals surface area contributed by atoms with Crippen molar-refractivity contribution in [1.82, 2.24) is 0 Å². The molecule has 0 spiro atoms. The zero-order valence-corrected chi connectivity index (χ0v) is 13.4. The Bertz CT molecular complexity index is 445. The van der Waals surface area contributed by atoms with Gasteiger partial charge < -0.3 is 0 Å². The van der Waals surface area contributed by atoms with Crippen LogP contribution in [0.15, 0.2) is 54.6 Å². The summed E-state index contributed by atoms with van der Waals surface area (Å²) in [4.78, 5) is 0. The van der Waals surface area contributed by atoms with Gasteiger partial charge in [0.25, 0.3) is 0 Å². The van der Waals surface area contributed by atoms with E-state index in [-0.39, 0.29) is 0 Å². The van der Waals surface area contributed by atoms with E-state index in [1.807, 2.05) is 19.9 Å². The molecule has 0 N–H and O–H groups in total.